The summed E-state index contributed by atoms with van der Waals surface area (Å²) in [5.41, 5.74) is -2.61. The van der Waals surface area contributed by atoms with Crippen LogP contribution in [0.5, 0.6) is 0 Å². The Morgan fingerprint density at radius 2 is 1.56 bits per heavy atom. The second-order valence-corrected chi connectivity index (χ2v) is 5.92. The van der Waals surface area contributed by atoms with Gasteiger partial charge in [-0.1, -0.05) is 43.0 Å². The highest BCUT2D eigenvalue weighted by Crippen LogP contribution is 2.38. The van der Waals surface area contributed by atoms with E-state index in [2.05, 4.69) is 11.9 Å². The molecule has 0 saturated heterocycles. The fourth-order valence-electron chi connectivity index (χ4n) is 2.53. The Morgan fingerprint density at radius 3 is 2.12 bits per heavy atom. The minimum atomic E-state index is -4.60. The van der Waals surface area contributed by atoms with E-state index in [1.807, 2.05) is 0 Å². The first kappa shape index (κ1) is 18.7. The summed E-state index contributed by atoms with van der Waals surface area (Å²) in [5.74, 6) is -0.559. The molecule has 0 aliphatic heterocycles. The Bertz CT molecular complexity index is 768. The standard InChI is InChI=1S/C19H18F3NO2/c1-13(17(24)23-14-8-4-3-5-9-14)12-18(2,25)15-10-6-7-11-16(15)19(20,21)22/h3-11,25H,1,12H2,2H3,(H,23,24)/t18-/m1/s1. The van der Waals surface area contributed by atoms with Gasteiger partial charge in [0.05, 0.1) is 11.2 Å². The fourth-order valence-corrected chi connectivity index (χ4v) is 2.53. The van der Waals surface area contributed by atoms with Gasteiger partial charge in [0.15, 0.2) is 0 Å². The normalized spacial score (nSPS) is 13.8. The second kappa shape index (κ2) is 7.11. The van der Waals surface area contributed by atoms with Crippen molar-refractivity contribution in [3.63, 3.8) is 0 Å². The fraction of sp³-hybridized carbons (Fsp3) is 0.211. The van der Waals surface area contributed by atoms with Crippen molar-refractivity contribution in [2.24, 2.45) is 0 Å². The zero-order valence-electron chi connectivity index (χ0n) is 13.6. The van der Waals surface area contributed by atoms with E-state index in [-0.39, 0.29) is 17.6 Å². The Kier molecular flexibility index (Phi) is 5.33. The maximum Gasteiger partial charge on any atom is 0.416 e. The Hall–Kier alpha value is -2.60. The molecule has 0 saturated carbocycles. The third-order valence-electron chi connectivity index (χ3n) is 3.72. The summed E-state index contributed by atoms with van der Waals surface area (Å²) in [7, 11) is 0. The lowest BCUT2D eigenvalue weighted by Crippen LogP contribution is -2.28. The number of alkyl halides is 3. The van der Waals surface area contributed by atoms with Gasteiger partial charge in [0, 0.05) is 17.7 Å². The van der Waals surface area contributed by atoms with Gasteiger partial charge in [-0.3, -0.25) is 4.79 Å². The summed E-state index contributed by atoms with van der Waals surface area (Å²) in [6.07, 6.45) is -4.94. The predicted molar refractivity (Wildman–Crippen MR) is 89.8 cm³/mol. The summed E-state index contributed by atoms with van der Waals surface area (Å²) < 4.78 is 39.4. The molecule has 1 atom stereocenters. The smallest absolute Gasteiger partial charge is 0.385 e. The Labute approximate surface area is 143 Å². The number of anilines is 1. The molecule has 0 fully saturated rings. The molecular weight excluding hydrogens is 331 g/mol. The lowest BCUT2D eigenvalue weighted by Gasteiger charge is -2.27. The van der Waals surface area contributed by atoms with E-state index >= 15 is 0 Å². The number of amides is 1. The maximum atomic E-state index is 13.1. The Morgan fingerprint density at radius 1 is 1.04 bits per heavy atom. The molecule has 0 aromatic heterocycles. The summed E-state index contributed by atoms with van der Waals surface area (Å²) >= 11 is 0. The van der Waals surface area contributed by atoms with Crippen molar-refractivity contribution < 1.29 is 23.1 Å². The van der Waals surface area contributed by atoms with E-state index in [0.29, 0.717) is 5.69 Å². The van der Waals surface area contributed by atoms with Crippen LogP contribution >= 0.6 is 0 Å². The molecule has 3 nitrogen and oxygen atoms in total. The first-order valence-corrected chi connectivity index (χ1v) is 7.54. The average molecular weight is 349 g/mol. The van der Waals surface area contributed by atoms with Gasteiger partial charge in [-0.25, -0.2) is 0 Å². The van der Waals surface area contributed by atoms with Gasteiger partial charge in [-0.15, -0.1) is 0 Å². The van der Waals surface area contributed by atoms with Crippen LogP contribution in [0.15, 0.2) is 66.7 Å². The highest BCUT2D eigenvalue weighted by molar-refractivity contribution is 6.03. The molecule has 2 N–H and O–H groups in total. The number of rotatable bonds is 5. The number of carbonyl (C=O) groups excluding carboxylic acids is 1. The van der Waals surface area contributed by atoms with Gasteiger partial charge in [-0.2, -0.15) is 13.2 Å². The number of halogens is 3. The number of para-hydroxylation sites is 1. The molecular formula is C19H18F3NO2. The number of hydrogen-bond donors (Lipinski definition) is 2. The number of nitrogens with one attached hydrogen (secondary N) is 1. The zero-order chi connectivity index (χ0) is 18.7. The van der Waals surface area contributed by atoms with Crippen molar-refractivity contribution in [3.8, 4) is 0 Å². The molecule has 0 spiro atoms. The van der Waals surface area contributed by atoms with Crippen LogP contribution in [0.2, 0.25) is 0 Å². The van der Waals surface area contributed by atoms with Crippen LogP contribution in [0.25, 0.3) is 0 Å². The monoisotopic (exact) mass is 349 g/mol. The zero-order valence-corrected chi connectivity index (χ0v) is 13.6. The van der Waals surface area contributed by atoms with E-state index in [4.69, 9.17) is 0 Å². The van der Waals surface area contributed by atoms with Crippen LogP contribution in [-0.2, 0) is 16.6 Å². The molecule has 0 unspecified atom stereocenters. The van der Waals surface area contributed by atoms with E-state index < -0.39 is 23.2 Å². The lowest BCUT2D eigenvalue weighted by atomic mass is 9.86. The van der Waals surface area contributed by atoms with Crippen LogP contribution in [0.1, 0.15) is 24.5 Å². The van der Waals surface area contributed by atoms with E-state index in [1.165, 1.54) is 25.1 Å². The molecule has 1 amide bonds. The molecule has 25 heavy (non-hydrogen) atoms. The molecule has 2 aromatic rings. The van der Waals surface area contributed by atoms with Crippen LogP contribution in [0.4, 0.5) is 18.9 Å². The third kappa shape index (κ3) is 4.70. The van der Waals surface area contributed by atoms with Gasteiger partial charge in [0.25, 0.3) is 5.91 Å². The van der Waals surface area contributed by atoms with Crippen molar-refractivity contribution in [1.29, 1.82) is 0 Å². The number of aliphatic hydroxyl groups is 1. The van der Waals surface area contributed by atoms with Crippen molar-refractivity contribution >= 4 is 11.6 Å². The largest absolute Gasteiger partial charge is 0.416 e. The molecule has 132 valence electrons. The molecule has 0 aliphatic carbocycles. The summed E-state index contributed by atoms with van der Waals surface area (Å²) in [5, 5.41) is 13.2. The number of carbonyl (C=O) groups is 1. The summed E-state index contributed by atoms with van der Waals surface area (Å²) in [4.78, 5) is 12.2. The van der Waals surface area contributed by atoms with Crippen LogP contribution in [0.3, 0.4) is 0 Å². The van der Waals surface area contributed by atoms with E-state index in [0.717, 1.165) is 6.07 Å². The predicted octanol–water partition coefficient (Wildman–Crippen LogP) is 4.50. The molecule has 0 heterocycles. The molecule has 0 aliphatic rings. The first-order chi connectivity index (χ1) is 11.6. The third-order valence-corrected chi connectivity index (χ3v) is 3.72. The van der Waals surface area contributed by atoms with Gasteiger partial charge in [0.1, 0.15) is 0 Å². The molecule has 2 aromatic carbocycles. The minimum Gasteiger partial charge on any atom is -0.385 e. The minimum absolute atomic E-state index is 0.0224. The summed E-state index contributed by atoms with van der Waals surface area (Å²) in [6, 6.07) is 13.3. The van der Waals surface area contributed by atoms with Gasteiger partial charge in [0.2, 0.25) is 0 Å². The topological polar surface area (TPSA) is 49.3 Å². The Balaban J connectivity index is 2.18. The van der Waals surface area contributed by atoms with E-state index in [1.54, 1.807) is 30.3 Å². The van der Waals surface area contributed by atoms with Crippen molar-refractivity contribution in [3.05, 3.63) is 77.9 Å². The second-order valence-electron chi connectivity index (χ2n) is 5.92. The van der Waals surface area contributed by atoms with Crippen LogP contribution in [0, 0.1) is 0 Å². The van der Waals surface area contributed by atoms with E-state index in [9.17, 15) is 23.1 Å². The van der Waals surface area contributed by atoms with Crippen LogP contribution in [-0.4, -0.2) is 11.0 Å². The number of hydrogen-bond acceptors (Lipinski definition) is 2. The lowest BCUT2D eigenvalue weighted by molar-refractivity contribution is -0.140. The summed E-state index contributed by atoms with van der Waals surface area (Å²) in [6.45, 7) is 4.83. The quantitative estimate of drug-likeness (QED) is 0.781. The first-order valence-electron chi connectivity index (χ1n) is 7.54. The number of benzene rings is 2. The SMILES string of the molecule is C=C(C[C@@](C)(O)c1ccccc1C(F)(F)F)C(=O)Nc1ccccc1. The van der Waals surface area contributed by atoms with Crippen molar-refractivity contribution in [2.45, 2.75) is 25.1 Å². The van der Waals surface area contributed by atoms with Gasteiger partial charge < -0.3 is 10.4 Å². The maximum absolute atomic E-state index is 13.1. The van der Waals surface area contributed by atoms with Crippen molar-refractivity contribution in [1.82, 2.24) is 0 Å². The molecule has 0 bridgehead atoms. The van der Waals surface area contributed by atoms with Gasteiger partial charge >= 0.3 is 6.18 Å². The highest BCUT2D eigenvalue weighted by atomic mass is 19.4. The molecule has 6 heteroatoms. The van der Waals surface area contributed by atoms with Gasteiger partial charge in [-0.05, 0) is 30.7 Å². The highest BCUT2D eigenvalue weighted by Gasteiger charge is 2.39. The van der Waals surface area contributed by atoms with Crippen LogP contribution < -0.4 is 5.32 Å². The van der Waals surface area contributed by atoms with Crippen molar-refractivity contribution in [2.75, 3.05) is 5.32 Å². The molecule has 2 rings (SSSR count). The average Bonchev–Trinajstić information content (AvgIpc) is 2.54. The molecule has 0 radical (unpaired) electrons.